The Morgan fingerprint density at radius 2 is 2.10 bits per heavy atom. The zero-order chi connectivity index (χ0) is 15.2. The van der Waals surface area contributed by atoms with Crippen LogP contribution in [0, 0.1) is 5.82 Å². The zero-order valence-electron chi connectivity index (χ0n) is 12.1. The molecule has 114 valence electrons. The fourth-order valence-corrected chi connectivity index (χ4v) is 2.41. The first kappa shape index (κ1) is 15.4. The molecule has 6 heteroatoms. The normalized spacial score (nSPS) is 18.4. The first-order valence-corrected chi connectivity index (χ1v) is 7.14. The lowest BCUT2D eigenvalue weighted by molar-refractivity contribution is -0.141. The Labute approximate surface area is 123 Å². The molecule has 1 atom stereocenters. The Balaban J connectivity index is 2.04. The maximum Gasteiger partial charge on any atom is 0.244 e. The maximum absolute atomic E-state index is 12.9. The summed E-state index contributed by atoms with van der Waals surface area (Å²) < 4.78 is 12.9. The topological polar surface area (TPSA) is 61.4 Å². The molecule has 1 aromatic rings. The van der Waals surface area contributed by atoms with Gasteiger partial charge in [0.2, 0.25) is 11.8 Å². The minimum absolute atomic E-state index is 0.112. The van der Waals surface area contributed by atoms with Gasteiger partial charge in [0.25, 0.3) is 0 Å². The van der Waals surface area contributed by atoms with Crippen molar-refractivity contribution in [2.75, 3.05) is 26.2 Å². The van der Waals surface area contributed by atoms with Gasteiger partial charge in [0.15, 0.2) is 0 Å². The number of nitrogens with zero attached hydrogens (tertiary/aromatic N) is 1. The monoisotopic (exact) mass is 293 g/mol. The molecule has 0 aliphatic carbocycles. The van der Waals surface area contributed by atoms with Crippen LogP contribution in [-0.4, -0.2) is 48.9 Å². The summed E-state index contributed by atoms with van der Waals surface area (Å²) in [5.74, 6) is -0.579. The van der Waals surface area contributed by atoms with Crippen molar-refractivity contribution in [1.29, 1.82) is 0 Å². The average Bonchev–Trinajstić information content (AvgIpc) is 2.50. The van der Waals surface area contributed by atoms with Gasteiger partial charge in [-0.25, -0.2) is 4.39 Å². The lowest BCUT2D eigenvalue weighted by Gasteiger charge is -2.35. The Kier molecular flexibility index (Phi) is 5.27. The molecule has 0 spiro atoms. The smallest absolute Gasteiger partial charge is 0.244 e. The molecule has 1 aliphatic rings. The van der Waals surface area contributed by atoms with E-state index in [0.29, 0.717) is 26.2 Å². The second-order valence-electron chi connectivity index (χ2n) is 5.00. The van der Waals surface area contributed by atoms with Crippen molar-refractivity contribution < 1.29 is 14.0 Å². The number of nitrogens with one attached hydrogen (secondary N) is 2. The highest BCUT2D eigenvalue weighted by Gasteiger charge is 2.31. The SMILES string of the molecule is CCNC(=O)C1CNCCN1C(=O)Cc1ccc(F)cc1. The van der Waals surface area contributed by atoms with Crippen LogP contribution in [0.25, 0.3) is 0 Å². The van der Waals surface area contributed by atoms with Crippen LogP contribution in [0.3, 0.4) is 0 Å². The molecule has 0 saturated carbocycles. The highest BCUT2D eigenvalue weighted by atomic mass is 19.1. The van der Waals surface area contributed by atoms with Gasteiger partial charge >= 0.3 is 0 Å². The Hall–Kier alpha value is -1.95. The molecular formula is C15H20FN3O2. The molecule has 1 fully saturated rings. The summed E-state index contributed by atoms with van der Waals surface area (Å²) in [4.78, 5) is 26.0. The summed E-state index contributed by atoms with van der Waals surface area (Å²) >= 11 is 0. The van der Waals surface area contributed by atoms with Gasteiger partial charge in [0.1, 0.15) is 11.9 Å². The van der Waals surface area contributed by atoms with Gasteiger partial charge in [-0.2, -0.15) is 0 Å². The number of piperazine rings is 1. The molecule has 2 N–H and O–H groups in total. The van der Waals surface area contributed by atoms with E-state index in [4.69, 9.17) is 0 Å². The summed E-state index contributed by atoms with van der Waals surface area (Å²) in [7, 11) is 0. The lowest BCUT2D eigenvalue weighted by Crippen LogP contribution is -2.59. The van der Waals surface area contributed by atoms with Crippen LogP contribution in [0.5, 0.6) is 0 Å². The number of halogens is 1. The van der Waals surface area contributed by atoms with E-state index >= 15 is 0 Å². The van der Waals surface area contributed by atoms with Gasteiger partial charge < -0.3 is 15.5 Å². The van der Waals surface area contributed by atoms with Crippen molar-refractivity contribution in [3.63, 3.8) is 0 Å². The van der Waals surface area contributed by atoms with Crippen LogP contribution in [0.4, 0.5) is 4.39 Å². The standard InChI is InChI=1S/C15H20FN3O2/c1-2-18-15(21)13-10-17-7-8-19(13)14(20)9-11-3-5-12(16)6-4-11/h3-6,13,17H,2,7-10H2,1H3,(H,18,21). The van der Waals surface area contributed by atoms with Crippen molar-refractivity contribution in [1.82, 2.24) is 15.5 Å². The molecule has 1 unspecified atom stereocenters. The quantitative estimate of drug-likeness (QED) is 0.839. The second-order valence-corrected chi connectivity index (χ2v) is 5.00. The van der Waals surface area contributed by atoms with E-state index in [-0.39, 0.29) is 24.1 Å². The van der Waals surface area contributed by atoms with Crippen molar-refractivity contribution in [3.8, 4) is 0 Å². The molecule has 1 aliphatic heterocycles. The average molecular weight is 293 g/mol. The molecular weight excluding hydrogens is 273 g/mol. The Bertz CT molecular complexity index is 504. The number of amides is 2. The van der Waals surface area contributed by atoms with E-state index in [9.17, 15) is 14.0 Å². The fraction of sp³-hybridized carbons (Fsp3) is 0.467. The van der Waals surface area contributed by atoms with E-state index in [1.165, 1.54) is 12.1 Å². The van der Waals surface area contributed by atoms with Crippen LogP contribution in [0.1, 0.15) is 12.5 Å². The van der Waals surface area contributed by atoms with Crippen LogP contribution < -0.4 is 10.6 Å². The summed E-state index contributed by atoms with van der Waals surface area (Å²) in [6.07, 6.45) is 0.177. The number of carbonyl (C=O) groups is 2. The van der Waals surface area contributed by atoms with E-state index in [0.717, 1.165) is 5.56 Å². The van der Waals surface area contributed by atoms with Crippen molar-refractivity contribution in [2.24, 2.45) is 0 Å². The first-order chi connectivity index (χ1) is 10.1. The molecule has 1 heterocycles. The second kappa shape index (κ2) is 7.17. The molecule has 0 bridgehead atoms. The molecule has 1 aromatic carbocycles. The van der Waals surface area contributed by atoms with Crippen LogP contribution >= 0.6 is 0 Å². The van der Waals surface area contributed by atoms with Crippen molar-refractivity contribution >= 4 is 11.8 Å². The summed E-state index contributed by atoms with van der Waals surface area (Å²) in [6, 6.07) is 5.38. The Morgan fingerprint density at radius 1 is 1.38 bits per heavy atom. The van der Waals surface area contributed by atoms with E-state index in [1.54, 1.807) is 17.0 Å². The van der Waals surface area contributed by atoms with Gasteiger partial charge in [0, 0.05) is 26.2 Å². The minimum Gasteiger partial charge on any atom is -0.355 e. The number of rotatable bonds is 4. The molecule has 2 amide bonds. The van der Waals surface area contributed by atoms with Gasteiger partial charge in [-0.3, -0.25) is 9.59 Å². The first-order valence-electron chi connectivity index (χ1n) is 7.14. The number of likely N-dealkylation sites (N-methyl/N-ethyl adjacent to an activating group) is 1. The number of hydrogen-bond donors (Lipinski definition) is 2. The fourth-order valence-electron chi connectivity index (χ4n) is 2.41. The van der Waals surface area contributed by atoms with E-state index in [2.05, 4.69) is 10.6 Å². The summed E-state index contributed by atoms with van der Waals surface area (Å²) in [5, 5.41) is 5.88. The predicted octanol–water partition coefficient (Wildman–Crippen LogP) is 0.305. The molecule has 0 radical (unpaired) electrons. The molecule has 0 aromatic heterocycles. The van der Waals surface area contributed by atoms with Crippen LogP contribution in [0.2, 0.25) is 0 Å². The third-order valence-corrected chi connectivity index (χ3v) is 3.49. The third-order valence-electron chi connectivity index (χ3n) is 3.49. The molecule has 21 heavy (non-hydrogen) atoms. The predicted molar refractivity (Wildman–Crippen MR) is 77.2 cm³/mol. The summed E-state index contributed by atoms with van der Waals surface area (Å²) in [5.41, 5.74) is 0.745. The van der Waals surface area contributed by atoms with Crippen LogP contribution in [-0.2, 0) is 16.0 Å². The highest BCUT2D eigenvalue weighted by molar-refractivity contribution is 5.88. The number of hydrogen-bond acceptors (Lipinski definition) is 3. The van der Waals surface area contributed by atoms with Gasteiger partial charge in [0.05, 0.1) is 6.42 Å². The Morgan fingerprint density at radius 3 is 2.76 bits per heavy atom. The lowest BCUT2D eigenvalue weighted by atomic mass is 10.1. The molecule has 1 saturated heterocycles. The largest absolute Gasteiger partial charge is 0.355 e. The maximum atomic E-state index is 12.9. The number of carbonyl (C=O) groups excluding carboxylic acids is 2. The van der Waals surface area contributed by atoms with E-state index < -0.39 is 6.04 Å². The zero-order valence-corrected chi connectivity index (χ0v) is 12.1. The highest BCUT2D eigenvalue weighted by Crippen LogP contribution is 2.10. The van der Waals surface area contributed by atoms with Gasteiger partial charge in [-0.15, -0.1) is 0 Å². The van der Waals surface area contributed by atoms with Crippen molar-refractivity contribution in [3.05, 3.63) is 35.6 Å². The molecule has 5 nitrogen and oxygen atoms in total. The van der Waals surface area contributed by atoms with Crippen molar-refractivity contribution in [2.45, 2.75) is 19.4 Å². The van der Waals surface area contributed by atoms with Gasteiger partial charge in [-0.05, 0) is 24.6 Å². The van der Waals surface area contributed by atoms with Crippen LogP contribution in [0.15, 0.2) is 24.3 Å². The molecule has 2 rings (SSSR count). The van der Waals surface area contributed by atoms with Gasteiger partial charge in [-0.1, -0.05) is 12.1 Å². The van der Waals surface area contributed by atoms with E-state index in [1.807, 2.05) is 6.92 Å². The number of benzene rings is 1. The minimum atomic E-state index is -0.480. The summed E-state index contributed by atoms with van der Waals surface area (Å²) in [6.45, 7) is 4.02. The third kappa shape index (κ3) is 4.01.